The monoisotopic (exact) mass is 458 g/mol. The number of halogens is 1. The summed E-state index contributed by atoms with van der Waals surface area (Å²) in [5.74, 6) is 1.88. The lowest BCUT2D eigenvalue weighted by atomic mass is 10.1. The Morgan fingerprint density at radius 2 is 1.60 bits per heavy atom. The molecule has 2 aromatic rings. The van der Waals surface area contributed by atoms with Crippen molar-refractivity contribution in [3.63, 3.8) is 0 Å². The average Bonchev–Trinajstić information content (AvgIpc) is 2.69. The van der Waals surface area contributed by atoms with E-state index < -0.39 is 10.0 Å². The number of anilines is 1. The molecule has 0 aliphatic rings. The summed E-state index contributed by atoms with van der Waals surface area (Å²) in [6, 6.07) is 13.1. The number of methoxy groups -OCH3 is 2. The molecule has 7 nitrogen and oxygen atoms in total. The highest BCUT2D eigenvalue weighted by Gasteiger charge is 2.15. The summed E-state index contributed by atoms with van der Waals surface area (Å²) in [7, 11) is 2.00. The molecule has 0 amide bonds. The van der Waals surface area contributed by atoms with Gasteiger partial charge in [-0.1, -0.05) is 18.2 Å². The van der Waals surface area contributed by atoms with E-state index in [-0.39, 0.29) is 18.4 Å². The number of hydrogen-bond donors (Lipinski definition) is 1. The summed E-state index contributed by atoms with van der Waals surface area (Å²) in [4.78, 5) is 2.21. The molecule has 0 saturated carbocycles. The molecule has 1 N–H and O–H groups in total. The number of rotatable bonds is 11. The van der Waals surface area contributed by atoms with E-state index in [9.17, 15) is 8.42 Å². The zero-order chi connectivity index (χ0) is 21.4. The fourth-order valence-corrected chi connectivity index (χ4v) is 3.33. The maximum atomic E-state index is 11.3. The van der Waals surface area contributed by atoms with Crippen LogP contribution in [0.2, 0.25) is 0 Å². The second-order valence-corrected chi connectivity index (χ2v) is 8.70. The highest BCUT2D eigenvalue weighted by atomic mass is 35.5. The number of sulfonamides is 1. The van der Waals surface area contributed by atoms with Crippen molar-refractivity contribution in [1.82, 2.24) is 4.90 Å². The highest BCUT2D eigenvalue weighted by molar-refractivity contribution is 7.92. The SMILES string of the molecule is COc1cccc(OC)c1OCC(C)N(C)CCc1ccc(NS(C)(=O)=O)cc1.Cl. The smallest absolute Gasteiger partial charge is 0.229 e. The summed E-state index contributed by atoms with van der Waals surface area (Å²) in [5, 5.41) is 0. The predicted molar refractivity (Wildman–Crippen MR) is 123 cm³/mol. The lowest BCUT2D eigenvalue weighted by molar-refractivity contribution is 0.167. The molecule has 0 saturated heterocycles. The van der Waals surface area contributed by atoms with E-state index in [1.165, 1.54) is 0 Å². The minimum Gasteiger partial charge on any atom is -0.493 e. The number of likely N-dealkylation sites (N-methyl/N-ethyl adjacent to an activating group) is 1. The molecule has 0 radical (unpaired) electrons. The topological polar surface area (TPSA) is 77.1 Å². The second kappa shape index (κ2) is 11.9. The molecular formula is C21H31ClN2O5S. The third-order valence-electron chi connectivity index (χ3n) is 4.61. The van der Waals surface area contributed by atoms with Crippen LogP contribution in [0.25, 0.3) is 0 Å². The summed E-state index contributed by atoms with van der Waals surface area (Å²) in [6.07, 6.45) is 1.98. The molecule has 168 valence electrons. The van der Waals surface area contributed by atoms with Gasteiger partial charge in [-0.25, -0.2) is 8.42 Å². The van der Waals surface area contributed by atoms with Gasteiger partial charge in [0.2, 0.25) is 15.8 Å². The first-order chi connectivity index (χ1) is 13.7. The van der Waals surface area contributed by atoms with Crippen LogP contribution in [0.5, 0.6) is 17.2 Å². The minimum atomic E-state index is -3.26. The number of ether oxygens (including phenoxy) is 3. The van der Waals surface area contributed by atoms with Gasteiger partial charge in [0, 0.05) is 18.3 Å². The van der Waals surface area contributed by atoms with Gasteiger partial charge < -0.3 is 14.2 Å². The van der Waals surface area contributed by atoms with Crippen molar-refractivity contribution in [2.45, 2.75) is 19.4 Å². The summed E-state index contributed by atoms with van der Waals surface area (Å²) < 4.78 is 41.7. The number of benzene rings is 2. The minimum absolute atomic E-state index is 0. The molecule has 1 unspecified atom stereocenters. The van der Waals surface area contributed by atoms with Gasteiger partial charge in [0.05, 0.1) is 20.5 Å². The Kier molecular flexibility index (Phi) is 10.2. The Morgan fingerprint density at radius 3 is 2.10 bits per heavy atom. The molecule has 0 fully saturated rings. The van der Waals surface area contributed by atoms with Gasteiger partial charge in [-0.15, -0.1) is 12.4 Å². The van der Waals surface area contributed by atoms with Crippen LogP contribution in [-0.2, 0) is 16.4 Å². The lowest BCUT2D eigenvalue weighted by Gasteiger charge is -2.25. The third kappa shape index (κ3) is 7.93. The molecular weight excluding hydrogens is 428 g/mol. The Morgan fingerprint density at radius 1 is 1.03 bits per heavy atom. The van der Waals surface area contributed by atoms with E-state index in [1.54, 1.807) is 26.4 Å². The highest BCUT2D eigenvalue weighted by Crippen LogP contribution is 2.36. The Bertz CT molecular complexity index is 869. The second-order valence-electron chi connectivity index (χ2n) is 6.95. The molecule has 0 heterocycles. The van der Waals surface area contributed by atoms with Gasteiger partial charge in [-0.2, -0.15) is 0 Å². The van der Waals surface area contributed by atoms with Crippen molar-refractivity contribution in [3.05, 3.63) is 48.0 Å². The van der Waals surface area contributed by atoms with Crippen molar-refractivity contribution in [3.8, 4) is 17.2 Å². The van der Waals surface area contributed by atoms with Gasteiger partial charge >= 0.3 is 0 Å². The van der Waals surface area contributed by atoms with E-state index in [4.69, 9.17) is 14.2 Å². The maximum absolute atomic E-state index is 11.3. The van der Waals surface area contributed by atoms with Crippen LogP contribution in [0.3, 0.4) is 0 Å². The van der Waals surface area contributed by atoms with Crippen molar-refractivity contribution in [2.24, 2.45) is 0 Å². The quantitative estimate of drug-likeness (QED) is 0.555. The zero-order valence-corrected chi connectivity index (χ0v) is 19.7. The van der Waals surface area contributed by atoms with Crippen LogP contribution in [0.4, 0.5) is 5.69 Å². The fraction of sp³-hybridized carbons (Fsp3) is 0.429. The first kappa shape index (κ1) is 25.9. The largest absolute Gasteiger partial charge is 0.493 e. The fourth-order valence-electron chi connectivity index (χ4n) is 2.77. The van der Waals surface area contributed by atoms with E-state index in [1.807, 2.05) is 37.4 Å². The third-order valence-corrected chi connectivity index (χ3v) is 5.22. The van der Waals surface area contributed by atoms with Crippen LogP contribution in [0.15, 0.2) is 42.5 Å². The van der Waals surface area contributed by atoms with E-state index in [0.717, 1.165) is 24.8 Å². The van der Waals surface area contributed by atoms with Crippen LogP contribution in [0.1, 0.15) is 12.5 Å². The van der Waals surface area contributed by atoms with Gasteiger partial charge in [0.15, 0.2) is 11.5 Å². The number of nitrogens with zero attached hydrogens (tertiary/aromatic N) is 1. The standard InChI is InChI=1S/C21H30N2O5S.ClH/c1-16(15-28-21-19(26-3)7-6-8-20(21)27-4)23(2)14-13-17-9-11-18(12-10-17)22-29(5,24)25;/h6-12,16,22H,13-15H2,1-5H3;1H. The molecule has 2 aromatic carbocycles. The van der Waals surface area contributed by atoms with Gasteiger partial charge in [-0.05, 0) is 50.2 Å². The molecule has 0 bridgehead atoms. The van der Waals surface area contributed by atoms with Crippen LogP contribution >= 0.6 is 12.4 Å². The molecule has 1 atom stereocenters. The predicted octanol–water partition coefficient (Wildman–Crippen LogP) is 3.44. The van der Waals surface area contributed by atoms with Crippen molar-refractivity contribution >= 4 is 28.1 Å². The molecule has 0 aliphatic carbocycles. The van der Waals surface area contributed by atoms with Crippen LogP contribution in [0, 0.1) is 0 Å². The van der Waals surface area contributed by atoms with Crippen LogP contribution in [-0.4, -0.2) is 60.0 Å². The van der Waals surface area contributed by atoms with Crippen molar-refractivity contribution in [2.75, 3.05) is 45.4 Å². The van der Waals surface area contributed by atoms with Gasteiger partial charge in [-0.3, -0.25) is 9.62 Å². The molecule has 9 heteroatoms. The number of nitrogens with one attached hydrogen (secondary N) is 1. The Balaban J connectivity index is 0.00000450. The first-order valence-corrected chi connectivity index (χ1v) is 11.2. The Hall–Kier alpha value is -2.16. The van der Waals surface area contributed by atoms with E-state index in [0.29, 0.717) is 29.5 Å². The molecule has 30 heavy (non-hydrogen) atoms. The maximum Gasteiger partial charge on any atom is 0.229 e. The van der Waals surface area contributed by atoms with E-state index in [2.05, 4.69) is 16.5 Å². The molecule has 2 rings (SSSR count). The van der Waals surface area contributed by atoms with Crippen molar-refractivity contribution < 1.29 is 22.6 Å². The summed E-state index contributed by atoms with van der Waals surface area (Å²) in [5.41, 5.74) is 1.70. The molecule has 0 spiro atoms. The van der Waals surface area contributed by atoms with Gasteiger partial charge in [0.25, 0.3) is 0 Å². The molecule has 0 aliphatic heterocycles. The average molecular weight is 459 g/mol. The summed E-state index contributed by atoms with van der Waals surface area (Å²) in [6.45, 7) is 3.43. The Labute approximate surface area is 185 Å². The summed E-state index contributed by atoms with van der Waals surface area (Å²) >= 11 is 0. The van der Waals surface area contributed by atoms with Gasteiger partial charge in [0.1, 0.15) is 6.61 Å². The first-order valence-electron chi connectivity index (χ1n) is 9.34. The number of hydrogen-bond acceptors (Lipinski definition) is 6. The lowest BCUT2D eigenvalue weighted by Crippen LogP contribution is -2.35. The number of para-hydroxylation sites is 1. The normalized spacial score (nSPS) is 12.1. The van der Waals surface area contributed by atoms with E-state index >= 15 is 0 Å². The molecule has 0 aromatic heterocycles. The zero-order valence-electron chi connectivity index (χ0n) is 18.0. The van der Waals surface area contributed by atoms with Crippen molar-refractivity contribution in [1.29, 1.82) is 0 Å². The van der Waals surface area contributed by atoms with Crippen LogP contribution < -0.4 is 18.9 Å².